The Kier molecular flexibility index (Phi) is 6.63. The van der Waals surface area contributed by atoms with Crippen molar-refractivity contribution in [3.63, 3.8) is 0 Å². The van der Waals surface area contributed by atoms with Crippen molar-refractivity contribution in [2.24, 2.45) is 0 Å². The Labute approximate surface area is 209 Å². The number of hydrazine groups is 1. The number of nitrogens with one attached hydrogen (secondary N) is 2. The number of nitrogens with zero attached hydrogens (tertiary/aromatic N) is 3. The number of fused-ring (bicyclic) bond motifs is 1. The zero-order valence-electron chi connectivity index (χ0n) is 19.1. The molecule has 0 bridgehead atoms. The lowest BCUT2D eigenvalue weighted by atomic mass is 10.1. The molecule has 1 atom stereocenters. The van der Waals surface area contributed by atoms with Crippen LogP contribution in [0.2, 0.25) is 5.02 Å². The molecule has 4 aromatic rings. The van der Waals surface area contributed by atoms with Crippen molar-refractivity contribution in [2.45, 2.75) is 31.5 Å². The fourth-order valence-electron chi connectivity index (χ4n) is 4.29. The SMILES string of the molecule is O=C(NC(c1cn2ccc(Cl)cc2n1)c1ccco1)c1ccc(N2CCCCCN2)c(C(F)(F)F)c1. The second kappa shape index (κ2) is 9.87. The first-order valence-electron chi connectivity index (χ1n) is 11.5. The van der Waals surface area contributed by atoms with Gasteiger partial charge < -0.3 is 19.1 Å². The van der Waals surface area contributed by atoms with Crippen molar-refractivity contribution in [2.75, 3.05) is 18.1 Å². The topological polar surface area (TPSA) is 74.8 Å². The van der Waals surface area contributed by atoms with Gasteiger partial charge in [0.25, 0.3) is 5.91 Å². The highest BCUT2D eigenvalue weighted by atomic mass is 35.5. The molecule has 188 valence electrons. The van der Waals surface area contributed by atoms with Crippen molar-refractivity contribution >= 4 is 28.8 Å². The first-order valence-corrected chi connectivity index (χ1v) is 11.9. The van der Waals surface area contributed by atoms with Crippen LogP contribution in [0, 0.1) is 0 Å². The van der Waals surface area contributed by atoms with E-state index in [-0.39, 0.29) is 11.3 Å². The number of halogens is 4. The molecule has 5 rings (SSSR count). The Bertz CT molecular complexity index is 1360. The number of alkyl halides is 3. The average Bonchev–Trinajstić information content (AvgIpc) is 3.44. The lowest BCUT2D eigenvalue weighted by Gasteiger charge is -2.27. The summed E-state index contributed by atoms with van der Waals surface area (Å²) in [4.78, 5) is 17.7. The number of furan rings is 1. The smallest absolute Gasteiger partial charge is 0.418 e. The average molecular weight is 518 g/mol. The van der Waals surface area contributed by atoms with E-state index in [4.69, 9.17) is 16.0 Å². The highest BCUT2D eigenvalue weighted by molar-refractivity contribution is 6.30. The fourth-order valence-corrected chi connectivity index (χ4v) is 4.44. The summed E-state index contributed by atoms with van der Waals surface area (Å²) in [5, 5.41) is 4.79. The summed E-state index contributed by atoms with van der Waals surface area (Å²) in [5.74, 6) is -0.299. The highest BCUT2D eigenvalue weighted by Crippen LogP contribution is 2.37. The molecular weight excluding hydrogens is 495 g/mol. The molecule has 1 amide bonds. The number of pyridine rings is 1. The van der Waals surface area contributed by atoms with Gasteiger partial charge in [0.2, 0.25) is 0 Å². The van der Waals surface area contributed by atoms with Gasteiger partial charge in [0.05, 0.1) is 23.2 Å². The molecule has 11 heteroatoms. The summed E-state index contributed by atoms with van der Waals surface area (Å²) < 4.78 is 49.3. The zero-order valence-corrected chi connectivity index (χ0v) is 19.8. The third-order valence-corrected chi connectivity index (χ3v) is 6.29. The Morgan fingerprint density at radius 3 is 2.81 bits per heavy atom. The van der Waals surface area contributed by atoms with Gasteiger partial charge in [0.1, 0.15) is 17.4 Å². The van der Waals surface area contributed by atoms with Crippen molar-refractivity contribution in [1.29, 1.82) is 0 Å². The van der Waals surface area contributed by atoms with Crippen LogP contribution in [-0.4, -0.2) is 28.4 Å². The molecule has 1 aromatic carbocycles. The van der Waals surface area contributed by atoms with E-state index in [1.54, 1.807) is 41.1 Å². The number of benzene rings is 1. The van der Waals surface area contributed by atoms with Crippen LogP contribution in [0.25, 0.3) is 5.65 Å². The van der Waals surface area contributed by atoms with Crippen LogP contribution >= 0.6 is 11.6 Å². The Balaban J connectivity index is 1.47. The summed E-state index contributed by atoms with van der Waals surface area (Å²) in [6.07, 6.45) is 2.85. The van der Waals surface area contributed by atoms with Crippen LogP contribution in [0.3, 0.4) is 0 Å². The lowest BCUT2D eigenvalue weighted by Crippen LogP contribution is -2.39. The molecule has 0 radical (unpaired) electrons. The minimum absolute atomic E-state index is 0.000708. The van der Waals surface area contributed by atoms with Crippen molar-refractivity contribution < 1.29 is 22.4 Å². The van der Waals surface area contributed by atoms with E-state index in [0.29, 0.717) is 35.2 Å². The minimum Gasteiger partial charge on any atom is -0.467 e. The summed E-state index contributed by atoms with van der Waals surface area (Å²) >= 11 is 6.06. The van der Waals surface area contributed by atoms with Gasteiger partial charge in [-0.15, -0.1) is 0 Å². The number of aromatic nitrogens is 2. The molecule has 1 fully saturated rings. The maximum atomic E-state index is 14.0. The summed E-state index contributed by atoms with van der Waals surface area (Å²) in [7, 11) is 0. The van der Waals surface area contributed by atoms with E-state index in [9.17, 15) is 18.0 Å². The molecule has 1 aliphatic rings. The summed E-state index contributed by atoms with van der Waals surface area (Å²) in [6, 6.07) is 9.48. The molecule has 0 aliphatic carbocycles. The Morgan fingerprint density at radius 2 is 2.03 bits per heavy atom. The van der Waals surface area contributed by atoms with Crippen molar-refractivity contribution in [1.82, 2.24) is 20.1 Å². The number of hydrogen-bond donors (Lipinski definition) is 2. The van der Waals surface area contributed by atoms with Gasteiger partial charge in [-0.25, -0.2) is 10.4 Å². The standard InChI is InChI=1S/C25H23ClF3N5O2/c26-17-8-11-33-15-19(31-22(33)14-17)23(21-5-4-12-36-21)32-24(35)16-6-7-20(18(13-16)25(27,28)29)34-10-3-1-2-9-30-34/h4-8,11-15,23,30H,1-3,9-10H2,(H,32,35). The lowest BCUT2D eigenvalue weighted by molar-refractivity contribution is -0.137. The zero-order chi connectivity index (χ0) is 25.3. The van der Waals surface area contributed by atoms with Gasteiger partial charge in [-0.2, -0.15) is 13.2 Å². The molecule has 0 saturated carbocycles. The quantitative estimate of drug-likeness (QED) is 0.360. The number of imidazole rings is 1. The molecule has 1 unspecified atom stereocenters. The van der Waals surface area contributed by atoms with Crippen LogP contribution in [0.4, 0.5) is 18.9 Å². The second-order valence-electron chi connectivity index (χ2n) is 8.55. The van der Waals surface area contributed by atoms with Crippen molar-refractivity contribution in [3.8, 4) is 0 Å². The van der Waals surface area contributed by atoms with Gasteiger partial charge in [0.15, 0.2) is 0 Å². The number of hydrogen-bond acceptors (Lipinski definition) is 5. The highest BCUT2D eigenvalue weighted by Gasteiger charge is 2.36. The third-order valence-electron chi connectivity index (χ3n) is 6.06. The monoisotopic (exact) mass is 517 g/mol. The van der Waals surface area contributed by atoms with E-state index in [0.717, 1.165) is 25.3 Å². The summed E-state index contributed by atoms with van der Waals surface area (Å²) in [6.45, 7) is 1.04. The fraction of sp³-hybridized carbons (Fsp3) is 0.280. The van der Waals surface area contributed by atoms with E-state index in [1.165, 1.54) is 23.4 Å². The molecule has 36 heavy (non-hydrogen) atoms. The molecule has 2 N–H and O–H groups in total. The largest absolute Gasteiger partial charge is 0.467 e. The van der Waals surface area contributed by atoms with Crippen LogP contribution in [0.1, 0.15) is 52.7 Å². The number of anilines is 1. The van der Waals surface area contributed by atoms with Gasteiger partial charge in [0, 0.05) is 36.1 Å². The number of rotatable bonds is 5. The van der Waals surface area contributed by atoms with Crippen LogP contribution in [-0.2, 0) is 6.18 Å². The van der Waals surface area contributed by atoms with Crippen LogP contribution < -0.4 is 15.8 Å². The van der Waals surface area contributed by atoms with Gasteiger partial charge >= 0.3 is 6.18 Å². The Hall–Kier alpha value is -3.50. The molecule has 4 heterocycles. The normalized spacial score (nSPS) is 15.6. The minimum atomic E-state index is -4.64. The van der Waals surface area contributed by atoms with E-state index >= 15 is 0 Å². The van der Waals surface area contributed by atoms with Crippen LogP contribution in [0.15, 0.2) is 65.5 Å². The molecule has 1 saturated heterocycles. The van der Waals surface area contributed by atoms with Crippen LogP contribution in [0.5, 0.6) is 0 Å². The molecule has 1 aliphatic heterocycles. The maximum Gasteiger partial charge on any atom is 0.418 e. The molecule has 7 nitrogen and oxygen atoms in total. The third kappa shape index (κ3) is 5.05. The molecule has 3 aromatic heterocycles. The summed E-state index contributed by atoms with van der Waals surface area (Å²) in [5.41, 5.74) is 3.05. The first-order chi connectivity index (χ1) is 17.3. The van der Waals surface area contributed by atoms with E-state index in [1.807, 2.05) is 0 Å². The number of carbonyl (C=O) groups is 1. The molecular formula is C25H23ClF3N5O2. The van der Waals surface area contributed by atoms with Gasteiger partial charge in [-0.1, -0.05) is 18.0 Å². The maximum absolute atomic E-state index is 14.0. The predicted molar refractivity (Wildman–Crippen MR) is 129 cm³/mol. The predicted octanol–water partition coefficient (Wildman–Crippen LogP) is 5.61. The number of amides is 1. The van der Waals surface area contributed by atoms with Gasteiger partial charge in [-0.05, 0) is 55.3 Å². The molecule has 0 spiro atoms. The van der Waals surface area contributed by atoms with Gasteiger partial charge in [-0.3, -0.25) is 4.79 Å². The second-order valence-corrected chi connectivity index (χ2v) is 8.98. The van der Waals surface area contributed by atoms with Crippen molar-refractivity contribution in [3.05, 3.63) is 88.7 Å². The van der Waals surface area contributed by atoms with E-state index in [2.05, 4.69) is 15.7 Å². The Morgan fingerprint density at radius 1 is 1.17 bits per heavy atom. The van der Waals surface area contributed by atoms with E-state index < -0.39 is 23.7 Å². The first kappa shape index (κ1) is 24.2. The number of carbonyl (C=O) groups excluding carboxylic acids is 1.